The van der Waals surface area contributed by atoms with Crippen molar-refractivity contribution in [1.29, 1.82) is 0 Å². The van der Waals surface area contributed by atoms with Crippen molar-refractivity contribution in [2.24, 2.45) is 18.4 Å². The molecule has 0 unspecified atom stereocenters. The zero-order valence-corrected chi connectivity index (χ0v) is 43.8. The molecule has 3 N–H and O–H groups in total. The van der Waals surface area contributed by atoms with E-state index in [9.17, 15) is 42.3 Å². The van der Waals surface area contributed by atoms with E-state index >= 15 is 0 Å². The summed E-state index contributed by atoms with van der Waals surface area (Å²) in [5, 5.41) is 21.0. The van der Waals surface area contributed by atoms with Gasteiger partial charge in [-0.3, -0.25) is 24.4 Å². The highest BCUT2D eigenvalue weighted by Gasteiger charge is 2.47. The van der Waals surface area contributed by atoms with Crippen LogP contribution in [-0.4, -0.2) is 169 Å². The van der Waals surface area contributed by atoms with Crippen LogP contribution in [-0.2, 0) is 59.8 Å². The van der Waals surface area contributed by atoms with E-state index in [0.717, 1.165) is 5.01 Å². The Bertz CT molecular complexity index is 2840. The van der Waals surface area contributed by atoms with Crippen molar-refractivity contribution < 1.29 is 56.5 Å². The number of aromatic nitrogens is 5. The molecule has 3 saturated heterocycles. The summed E-state index contributed by atoms with van der Waals surface area (Å²) in [6.45, 7) is 12.7. The summed E-state index contributed by atoms with van der Waals surface area (Å²) in [6, 6.07) is 5.41. The number of hydrazine groups is 1. The Hall–Kier alpha value is -6.43. The normalized spacial score (nSPS) is 22.1. The van der Waals surface area contributed by atoms with Crippen molar-refractivity contribution in [2.45, 2.75) is 115 Å². The Kier molecular flexibility index (Phi) is 15.6. The largest absolute Gasteiger partial charge is 0.462 e. The molecule has 0 aliphatic carbocycles. The monoisotopic (exact) mass is 1050 g/mol. The number of morpholine rings is 1. The van der Waals surface area contributed by atoms with Gasteiger partial charge in [0.05, 0.1) is 42.9 Å². The van der Waals surface area contributed by atoms with Crippen molar-refractivity contribution in [3.63, 3.8) is 0 Å². The summed E-state index contributed by atoms with van der Waals surface area (Å²) in [5.41, 5.74) is 1.02. The minimum absolute atomic E-state index is 0.0252. The van der Waals surface area contributed by atoms with Gasteiger partial charge in [-0.15, -0.1) is 0 Å². The molecule has 4 atom stereocenters. The molecule has 0 radical (unpaired) electrons. The first-order valence-corrected chi connectivity index (χ1v) is 25.3. The predicted molar refractivity (Wildman–Crippen MR) is 268 cm³/mol. The third-order valence-electron chi connectivity index (χ3n) is 14.8. The number of cyclic esters (lactones) is 1. The Morgan fingerprint density at radius 2 is 1.81 bits per heavy atom. The van der Waals surface area contributed by atoms with E-state index in [1.807, 2.05) is 0 Å². The maximum atomic E-state index is 14.8. The molecule has 20 nitrogen and oxygen atoms in total. The molecule has 3 fully saturated rings. The SMILES string of the molecule is C=CC(=O)N1CCOC2(CCN(C(=O)N(C)[C@H](C(=O)N[C@H]3Cc4nc(n(C)n4)-c4ccc5c(c4)c(c(-c4cccnc4[C@H](C)OC)n5CC(F)(F)F)CC(C)(C)COC(=O)[C@@]4(O)CCCN(N4)C3=O)C(C)C)CC2)C1. The number of nitrogens with one attached hydrogen (secondary N) is 2. The number of aryl methyl sites for hydroxylation is 1. The molecule has 0 saturated carbocycles. The van der Waals surface area contributed by atoms with Crippen LogP contribution in [0.15, 0.2) is 49.2 Å². The number of esters is 1. The van der Waals surface area contributed by atoms with E-state index in [2.05, 4.69) is 27.4 Å². The Morgan fingerprint density at radius 1 is 1.08 bits per heavy atom. The number of urea groups is 1. The van der Waals surface area contributed by atoms with Crippen LogP contribution in [0.3, 0.4) is 0 Å². The highest BCUT2D eigenvalue weighted by Crippen LogP contribution is 2.43. The fourth-order valence-corrected chi connectivity index (χ4v) is 10.9. The Labute approximate surface area is 433 Å². The fraction of sp³-hybridized carbons (Fsp3) is 0.577. The number of alkyl halides is 3. The number of likely N-dealkylation sites (N-methyl/N-ethyl adjacent to an activating group) is 1. The first-order chi connectivity index (χ1) is 35.4. The topological polar surface area (TPSA) is 219 Å². The molecular formula is C52H68F3N11O9. The number of pyridine rings is 1. The lowest BCUT2D eigenvalue weighted by Gasteiger charge is -2.47. The van der Waals surface area contributed by atoms with E-state index in [0.29, 0.717) is 79.2 Å². The van der Waals surface area contributed by atoms with Crippen LogP contribution < -0.4 is 10.7 Å². The standard InChI is InChI=1S/C52H68F3N11O9/c1-10-40(67)64-23-24-75-50(28-64)17-21-63(22-18-50)48(71)61(7)42(31(2)3)45(68)57-37-26-39-58-44(62(8)59-39)33-14-15-38-35(25-33)36(27-49(5,6)30-74-47(70)51(72)16-12-20-66(60-51)46(37)69)43(65(38)29-52(53,54)55)34-13-11-19-56-41(34)32(4)73-9/h10-11,13-15,19,25,31-32,37,42,60,72H,1,12,16-18,20-24,26-30H2,2-9H3,(H,57,68)/t32-,37-,42-,51-/m0/s1. The molecule has 8 rings (SSSR count). The first kappa shape index (κ1) is 54.8. The van der Waals surface area contributed by atoms with E-state index in [1.165, 1.54) is 34.4 Å². The zero-order valence-electron chi connectivity index (χ0n) is 43.8. The second-order valence-electron chi connectivity index (χ2n) is 21.4. The van der Waals surface area contributed by atoms with Crippen LogP contribution in [0.1, 0.15) is 83.5 Å². The molecular weight excluding hydrogens is 980 g/mol. The second-order valence-corrected chi connectivity index (χ2v) is 21.4. The number of likely N-dealkylation sites (tertiary alicyclic amines) is 1. The molecule has 4 aliphatic rings. The summed E-state index contributed by atoms with van der Waals surface area (Å²) in [4.78, 5) is 84.3. The number of rotatable bonds is 9. The summed E-state index contributed by atoms with van der Waals surface area (Å²) in [7, 11) is 4.64. The van der Waals surface area contributed by atoms with Gasteiger partial charge in [0.2, 0.25) is 17.5 Å². The number of nitrogens with zero attached hydrogens (tertiary/aromatic N) is 9. The van der Waals surface area contributed by atoms with Crippen LogP contribution in [0.5, 0.6) is 0 Å². The molecule has 7 heterocycles. The molecule has 1 aromatic carbocycles. The number of fused-ring (bicyclic) bond motifs is 6. The van der Waals surface area contributed by atoms with Crippen LogP contribution in [0.25, 0.3) is 33.5 Å². The van der Waals surface area contributed by atoms with Gasteiger partial charge >= 0.3 is 18.2 Å². The lowest BCUT2D eigenvalue weighted by Crippen LogP contribution is -2.67. The number of ether oxygens (including phenoxy) is 3. The highest BCUT2D eigenvalue weighted by atomic mass is 19.4. The lowest BCUT2D eigenvalue weighted by atomic mass is 9.84. The third-order valence-corrected chi connectivity index (χ3v) is 14.8. The summed E-state index contributed by atoms with van der Waals surface area (Å²) >= 11 is 0. The minimum Gasteiger partial charge on any atom is -0.462 e. The molecule has 3 aromatic heterocycles. The maximum absolute atomic E-state index is 14.8. The number of benzene rings is 1. The van der Waals surface area contributed by atoms with Crippen LogP contribution in [0, 0.1) is 11.3 Å². The number of hydrogen-bond donors (Lipinski definition) is 3. The molecule has 6 bridgehead atoms. The lowest BCUT2D eigenvalue weighted by molar-refractivity contribution is -0.189. The zero-order chi connectivity index (χ0) is 54.4. The molecule has 5 amide bonds. The molecule has 23 heteroatoms. The van der Waals surface area contributed by atoms with Crippen LogP contribution >= 0.6 is 0 Å². The fourth-order valence-electron chi connectivity index (χ4n) is 10.9. The van der Waals surface area contributed by atoms with Gasteiger partial charge in [-0.25, -0.2) is 19.3 Å². The van der Waals surface area contributed by atoms with Crippen LogP contribution in [0.4, 0.5) is 18.0 Å². The number of carbonyl (C=O) groups excluding carboxylic acids is 5. The van der Waals surface area contributed by atoms with Gasteiger partial charge in [-0.2, -0.15) is 23.7 Å². The first-order valence-electron chi connectivity index (χ1n) is 25.3. The third kappa shape index (κ3) is 11.4. The highest BCUT2D eigenvalue weighted by molar-refractivity contribution is 5.95. The minimum atomic E-state index is -4.65. The van der Waals surface area contributed by atoms with E-state index in [4.69, 9.17) is 19.2 Å². The van der Waals surface area contributed by atoms with Crippen molar-refractivity contribution in [3.05, 3.63) is 66.3 Å². The smallest absolute Gasteiger partial charge is 0.406 e. The number of amides is 5. The van der Waals surface area contributed by atoms with Gasteiger partial charge in [0, 0.05) is 93.9 Å². The number of halogens is 3. The summed E-state index contributed by atoms with van der Waals surface area (Å²) in [5.74, 6) is -2.72. The van der Waals surface area contributed by atoms with Gasteiger partial charge in [0.25, 0.3) is 5.91 Å². The van der Waals surface area contributed by atoms with Crippen molar-refractivity contribution in [1.82, 2.24) is 54.8 Å². The number of methoxy groups -OCH3 is 1. The van der Waals surface area contributed by atoms with Crippen molar-refractivity contribution in [2.75, 3.05) is 60.1 Å². The number of piperidine rings is 1. The van der Waals surface area contributed by atoms with Crippen LogP contribution in [0.2, 0.25) is 0 Å². The maximum Gasteiger partial charge on any atom is 0.406 e. The van der Waals surface area contributed by atoms with E-state index in [-0.39, 0.29) is 61.8 Å². The average Bonchev–Trinajstić information content (AvgIpc) is 3.88. The number of carbonyl (C=O) groups is 5. The molecule has 1 spiro atoms. The summed E-state index contributed by atoms with van der Waals surface area (Å²) in [6.07, 6.45) is -1.72. The van der Waals surface area contributed by atoms with Crippen molar-refractivity contribution >= 4 is 40.6 Å². The van der Waals surface area contributed by atoms with E-state index < -0.39 is 77.4 Å². The number of aliphatic hydroxyl groups is 1. The quantitative estimate of drug-likeness (QED) is 0.153. The predicted octanol–water partition coefficient (Wildman–Crippen LogP) is 4.69. The molecule has 75 heavy (non-hydrogen) atoms. The van der Waals surface area contributed by atoms with Gasteiger partial charge in [0.1, 0.15) is 18.6 Å². The van der Waals surface area contributed by atoms with E-state index in [1.54, 1.807) is 88.0 Å². The Morgan fingerprint density at radius 3 is 2.49 bits per heavy atom. The van der Waals surface area contributed by atoms with Crippen molar-refractivity contribution in [3.8, 4) is 22.6 Å². The van der Waals surface area contributed by atoms with Gasteiger partial charge < -0.3 is 43.9 Å². The van der Waals surface area contributed by atoms with Gasteiger partial charge in [-0.05, 0) is 80.5 Å². The molecule has 406 valence electrons. The van der Waals surface area contributed by atoms with Gasteiger partial charge in [-0.1, -0.05) is 34.3 Å². The average molecular weight is 1050 g/mol. The second kappa shape index (κ2) is 21.3. The molecule has 4 aromatic rings. The Balaban J connectivity index is 1.16. The number of hydrogen-bond acceptors (Lipinski definition) is 13. The summed E-state index contributed by atoms with van der Waals surface area (Å²) < 4.78 is 64.6. The molecule has 4 aliphatic heterocycles. The van der Waals surface area contributed by atoms with Gasteiger partial charge in [0.15, 0.2) is 11.6 Å².